The molecular weight excluding hydrogens is 725 g/mol. The van der Waals surface area contributed by atoms with E-state index in [0.29, 0.717) is 0 Å². The lowest BCUT2D eigenvalue weighted by molar-refractivity contribution is 1.15. The Bertz CT molecular complexity index is 3250. The Hall–Kier alpha value is -7.94. The Balaban J connectivity index is 1.15. The van der Waals surface area contributed by atoms with Crippen LogP contribution in [0.15, 0.2) is 243 Å². The Morgan fingerprint density at radius 3 is 1.50 bits per heavy atom. The van der Waals surface area contributed by atoms with Crippen molar-refractivity contribution in [2.45, 2.75) is 0 Å². The molecule has 0 saturated heterocycles. The summed E-state index contributed by atoms with van der Waals surface area (Å²) in [5.41, 5.74) is 16.1. The predicted molar refractivity (Wildman–Crippen MR) is 255 cm³/mol. The lowest BCUT2D eigenvalue weighted by atomic mass is 9.95. The van der Waals surface area contributed by atoms with E-state index in [9.17, 15) is 0 Å². The van der Waals surface area contributed by atoms with Crippen molar-refractivity contribution >= 4 is 49.6 Å². The van der Waals surface area contributed by atoms with Crippen molar-refractivity contribution in [3.63, 3.8) is 0 Å². The molecule has 2 heteroatoms. The third kappa shape index (κ3) is 6.32. The zero-order chi connectivity index (χ0) is 39.8. The first-order chi connectivity index (χ1) is 29.8. The smallest absolute Gasteiger partial charge is 0.0702 e. The Kier molecular flexibility index (Phi) is 8.87. The van der Waals surface area contributed by atoms with Crippen molar-refractivity contribution in [3.05, 3.63) is 243 Å². The van der Waals surface area contributed by atoms with Crippen LogP contribution in [-0.2, 0) is 0 Å². The van der Waals surface area contributed by atoms with E-state index >= 15 is 0 Å². The average Bonchev–Trinajstić information content (AvgIpc) is 3.67. The van der Waals surface area contributed by atoms with E-state index in [0.717, 1.165) is 39.4 Å². The van der Waals surface area contributed by atoms with Gasteiger partial charge in [0.2, 0.25) is 0 Å². The number of rotatable bonds is 8. The molecule has 0 unspecified atom stereocenters. The lowest BCUT2D eigenvalue weighted by Crippen LogP contribution is -2.14. The third-order valence-corrected chi connectivity index (χ3v) is 11.8. The molecule has 0 aliphatic rings. The van der Waals surface area contributed by atoms with Crippen LogP contribution in [0.5, 0.6) is 0 Å². The van der Waals surface area contributed by atoms with Gasteiger partial charge in [-0.15, -0.1) is 0 Å². The summed E-state index contributed by atoms with van der Waals surface area (Å²) in [7, 11) is 0. The summed E-state index contributed by atoms with van der Waals surface area (Å²) >= 11 is 0. The van der Waals surface area contributed by atoms with Gasteiger partial charge in [0.05, 0.1) is 28.1 Å². The molecular formula is C58H40N2. The van der Waals surface area contributed by atoms with Crippen LogP contribution in [0.2, 0.25) is 0 Å². The summed E-state index contributed by atoms with van der Waals surface area (Å²) in [5, 5.41) is 4.93. The fourth-order valence-electron chi connectivity index (χ4n) is 8.87. The van der Waals surface area contributed by atoms with Gasteiger partial charge < -0.3 is 9.47 Å². The summed E-state index contributed by atoms with van der Waals surface area (Å²) in [6.45, 7) is 0. The van der Waals surface area contributed by atoms with Crippen LogP contribution in [-0.4, -0.2) is 4.57 Å². The van der Waals surface area contributed by atoms with E-state index in [4.69, 9.17) is 0 Å². The molecule has 11 rings (SSSR count). The second-order valence-corrected chi connectivity index (χ2v) is 15.3. The Morgan fingerprint density at radius 1 is 0.283 bits per heavy atom. The molecule has 0 bridgehead atoms. The summed E-state index contributed by atoms with van der Waals surface area (Å²) in [6, 6.07) is 88.1. The molecule has 2 nitrogen and oxygen atoms in total. The number of fused-ring (bicyclic) bond motifs is 4. The van der Waals surface area contributed by atoms with Gasteiger partial charge in [-0.3, -0.25) is 0 Å². The average molecular weight is 765 g/mol. The molecule has 0 amide bonds. The maximum Gasteiger partial charge on any atom is 0.0702 e. The van der Waals surface area contributed by atoms with Gasteiger partial charge >= 0.3 is 0 Å². The molecule has 0 fully saturated rings. The minimum atomic E-state index is 1.07. The second kappa shape index (κ2) is 15.1. The van der Waals surface area contributed by atoms with Gasteiger partial charge in [-0.1, -0.05) is 188 Å². The quantitative estimate of drug-likeness (QED) is 0.150. The zero-order valence-electron chi connectivity index (χ0n) is 33.0. The first-order valence-corrected chi connectivity index (χ1v) is 20.6. The lowest BCUT2D eigenvalue weighted by Gasteiger charge is -2.31. The van der Waals surface area contributed by atoms with Crippen LogP contribution in [0, 0.1) is 0 Å². The van der Waals surface area contributed by atoms with Gasteiger partial charge in [0.1, 0.15) is 0 Å². The normalized spacial score (nSPS) is 11.3. The van der Waals surface area contributed by atoms with Crippen molar-refractivity contribution in [2.24, 2.45) is 0 Å². The number of hydrogen-bond donors (Lipinski definition) is 0. The number of aromatic nitrogens is 1. The molecule has 0 aliphatic carbocycles. The fraction of sp³-hybridized carbons (Fsp3) is 0. The first-order valence-electron chi connectivity index (χ1n) is 20.6. The summed E-state index contributed by atoms with van der Waals surface area (Å²) < 4.78 is 2.44. The highest BCUT2D eigenvalue weighted by molar-refractivity contribution is 6.10. The van der Waals surface area contributed by atoms with Gasteiger partial charge in [-0.2, -0.15) is 0 Å². The van der Waals surface area contributed by atoms with Crippen LogP contribution < -0.4 is 4.90 Å². The maximum atomic E-state index is 2.47. The van der Waals surface area contributed by atoms with Crippen molar-refractivity contribution in [1.82, 2.24) is 4.57 Å². The molecule has 1 aromatic heterocycles. The molecule has 0 spiro atoms. The number of para-hydroxylation sites is 4. The molecule has 0 atom stereocenters. The van der Waals surface area contributed by atoms with Gasteiger partial charge in [0, 0.05) is 22.0 Å². The van der Waals surface area contributed by atoms with Gasteiger partial charge in [-0.05, 0) is 104 Å². The van der Waals surface area contributed by atoms with Crippen LogP contribution in [0.1, 0.15) is 0 Å². The summed E-state index contributed by atoms with van der Waals surface area (Å²) in [4.78, 5) is 2.47. The highest BCUT2D eigenvalue weighted by atomic mass is 15.2. The van der Waals surface area contributed by atoms with Gasteiger partial charge in [0.15, 0.2) is 0 Å². The molecule has 11 aromatic rings. The molecule has 10 aromatic carbocycles. The first kappa shape index (κ1) is 35.2. The Labute approximate surface area is 350 Å². The minimum absolute atomic E-state index is 1.07. The highest BCUT2D eigenvalue weighted by Crippen LogP contribution is 2.46. The van der Waals surface area contributed by atoms with Crippen molar-refractivity contribution in [2.75, 3.05) is 4.90 Å². The number of anilines is 3. The van der Waals surface area contributed by atoms with E-state index in [2.05, 4.69) is 252 Å². The van der Waals surface area contributed by atoms with E-state index < -0.39 is 0 Å². The number of nitrogens with zero attached hydrogens (tertiary/aromatic N) is 2. The summed E-state index contributed by atoms with van der Waals surface area (Å²) in [6.07, 6.45) is 0. The third-order valence-electron chi connectivity index (χ3n) is 11.8. The van der Waals surface area contributed by atoms with Crippen molar-refractivity contribution < 1.29 is 0 Å². The molecule has 0 aliphatic heterocycles. The highest BCUT2D eigenvalue weighted by Gasteiger charge is 2.23. The SMILES string of the molecule is c1ccc(-c2cccc(-c3ccc(N(c4cc(-c5ccc6ccccc6c5)ccc4-c4ccccc4)c4ccccc4-n4c5ccccc5c5ccccc54)cc3)c2)cc1. The summed E-state index contributed by atoms with van der Waals surface area (Å²) in [5.74, 6) is 0. The van der Waals surface area contributed by atoms with Crippen LogP contribution in [0.4, 0.5) is 17.1 Å². The maximum absolute atomic E-state index is 2.47. The van der Waals surface area contributed by atoms with E-state index in [-0.39, 0.29) is 0 Å². The zero-order valence-corrected chi connectivity index (χ0v) is 33.0. The van der Waals surface area contributed by atoms with E-state index in [1.807, 2.05) is 0 Å². The van der Waals surface area contributed by atoms with Gasteiger partial charge in [0.25, 0.3) is 0 Å². The van der Waals surface area contributed by atoms with Crippen LogP contribution in [0.3, 0.4) is 0 Å². The topological polar surface area (TPSA) is 8.17 Å². The largest absolute Gasteiger partial charge is 0.308 e. The monoisotopic (exact) mass is 764 g/mol. The van der Waals surface area contributed by atoms with E-state index in [1.54, 1.807) is 0 Å². The van der Waals surface area contributed by atoms with Crippen molar-refractivity contribution in [1.29, 1.82) is 0 Å². The molecule has 0 radical (unpaired) electrons. The minimum Gasteiger partial charge on any atom is -0.308 e. The number of hydrogen-bond acceptors (Lipinski definition) is 1. The predicted octanol–water partition coefficient (Wildman–Crippen LogP) is 16.1. The molecule has 1 heterocycles. The standard InChI is InChI=1S/C58H40N2/c1-3-16-41(17-4-1)46-22-15-23-47(38-46)43-32-35-50(36-33-43)59(56-28-13-14-29-57(56)60-54-26-11-9-24-52(54)53-25-10-12-27-55(53)60)58-40-49(34-37-51(58)44-19-5-2-6-20-44)48-31-30-42-18-7-8-21-45(42)39-48/h1-40H. The number of benzene rings is 10. The molecule has 0 saturated carbocycles. The Morgan fingerprint density at radius 2 is 0.783 bits per heavy atom. The van der Waals surface area contributed by atoms with Crippen molar-refractivity contribution in [3.8, 4) is 50.2 Å². The fourth-order valence-corrected chi connectivity index (χ4v) is 8.87. The molecule has 282 valence electrons. The molecule has 60 heavy (non-hydrogen) atoms. The molecule has 0 N–H and O–H groups in total. The second-order valence-electron chi connectivity index (χ2n) is 15.3. The van der Waals surface area contributed by atoms with Gasteiger partial charge in [-0.25, -0.2) is 0 Å². The van der Waals surface area contributed by atoms with E-state index in [1.165, 1.54) is 60.4 Å². The van der Waals surface area contributed by atoms with Crippen LogP contribution in [0.25, 0.3) is 82.8 Å². The van der Waals surface area contributed by atoms with Crippen LogP contribution >= 0.6 is 0 Å².